The van der Waals surface area contributed by atoms with E-state index < -0.39 is 0 Å². The molecule has 0 saturated heterocycles. The van der Waals surface area contributed by atoms with E-state index in [9.17, 15) is 4.39 Å². The van der Waals surface area contributed by atoms with Gasteiger partial charge in [-0.15, -0.1) is 0 Å². The summed E-state index contributed by atoms with van der Waals surface area (Å²) in [6.07, 6.45) is 1.64. The molecule has 1 aromatic heterocycles. The Kier molecular flexibility index (Phi) is 6.81. The van der Waals surface area contributed by atoms with Crippen LogP contribution in [-0.2, 0) is 6.54 Å². The summed E-state index contributed by atoms with van der Waals surface area (Å²) in [6, 6.07) is 10.5. The summed E-state index contributed by atoms with van der Waals surface area (Å²) in [5, 5.41) is 6.52. The standard InChI is InChI=1S/C18H25FN4O/c1-4-20-18(21-12-16-9-6-10-24-16)22-13-17(23(2)3)14-7-5-8-15(19)11-14/h5-11,17H,4,12-13H2,1-3H3,(H2,20,21,22). The fraction of sp³-hybridized carbons (Fsp3) is 0.389. The number of aliphatic imine (C=N–C) groups is 1. The Morgan fingerprint density at radius 2 is 2.08 bits per heavy atom. The lowest BCUT2D eigenvalue weighted by Gasteiger charge is -2.26. The van der Waals surface area contributed by atoms with Crippen molar-refractivity contribution < 1.29 is 8.81 Å². The number of rotatable bonds is 7. The predicted molar refractivity (Wildman–Crippen MR) is 94.4 cm³/mol. The first kappa shape index (κ1) is 18.0. The highest BCUT2D eigenvalue weighted by molar-refractivity contribution is 5.79. The predicted octanol–water partition coefficient (Wildman–Crippen LogP) is 2.78. The highest BCUT2D eigenvalue weighted by atomic mass is 19.1. The third-order valence-corrected chi connectivity index (χ3v) is 3.64. The van der Waals surface area contributed by atoms with Crippen LogP contribution in [0, 0.1) is 5.82 Å². The molecule has 2 rings (SSSR count). The zero-order chi connectivity index (χ0) is 17.4. The fourth-order valence-electron chi connectivity index (χ4n) is 2.41. The van der Waals surface area contributed by atoms with Crippen molar-refractivity contribution in [2.24, 2.45) is 4.99 Å². The van der Waals surface area contributed by atoms with Crippen molar-refractivity contribution in [1.29, 1.82) is 0 Å². The maximum Gasteiger partial charge on any atom is 0.191 e. The van der Waals surface area contributed by atoms with Crippen molar-refractivity contribution >= 4 is 5.96 Å². The SMILES string of the molecule is CCNC(=NCc1ccco1)NCC(c1cccc(F)c1)N(C)C. The molecule has 130 valence electrons. The van der Waals surface area contributed by atoms with E-state index in [0.29, 0.717) is 19.0 Å². The third kappa shape index (κ3) is 5.38. The molecule has 0 aliphatic carbocycles. The Morgan fingerprint density at radius 1 is 1.25 bits per heavy atom. The number of benzene rings is 1. The molecule has 24 heavy (non-hydrogen) atoms. The summed E-state index contributed by atoms with van der Waals surface area (Å²) < 4.78 is 18.8. The van der Waals surface area contributed by atoms with Gasteiger partial charge in [0.1, 0.15) is 18.1 Å². The van der Waals surface area contributed by atoms with E-state index in [2.05, 4.69) is 20.5 Å². The van der Waals surface area contributed by atoms with Gasteiger partial charge >= 0.3 is 0 Å². The lowest BCUT2D eigenvalue weighted by Crippen LogP contribution is -2.41. The summed E-state index contributed by atoms with van der Waals surface area (Å²) in [5.41, 5.74) is 0.925. The molecule has 0 amide bonds. The van der Waals surface area contributed by atoms with E-state index >= 15 is 0 Å². The van der Waals surface area contributed by atoms with Crippen LogP contribution in [0.4, 0.5) is 4.39 Å². The summed E-state index contributed by atoms with van der Waals surface area (Å²) in [6.45, 7) is 3.85. The zero-order valence-electron chi connectivity index (χ0n) is 14.4. The first-order valence-electron chi connectivity index (χ1n) is 8.06. The van der Waals surface area contributed by atoms with Crippen molar-refractivity contribution in [3.8, 4) is 0 Å². The summed E-state index contributed by atoms with van der Waals surface area (Å²) >= 11 is 0. The van der Waals surface area contributed by atoms with E-state index in [0.717, 1.165) is 17.9 Å². The van der Waals surface area contributed by atoms with Crippen molar-refractivity contribution in [2.45, 2.75) is 19.5 Å². The normalized spacial score (nSPS) is 13.1. The minimum absolute atomic E-state index is 0.0353. The smallest absolute Gasteiger partial charge is 0.191 e. The number of nitrogens with one attached hydrogen (secondary N) is 2. The number of guanidine groups is 1. The first-order valence-corrected chi connectivity index (χ1v) is 8.06. The van der Waals surface area contributed by atoms with Crippen molar-refractivity contribution in [2.75, 3.05) is 27.2 Å². The van der Waals surface area contributed by atoms with E-state index in [1.54, 1.807) is 18.4 Å². The van der Waals surface area contributed by atoms with Gasteiger partial charge in [0.15, 0.2) is 5.96 Å². The molecule has 2 aromatic rings. The van der Waals surface area contributed by atoms with Gasteiger partial charge in [-0.1, -0.05) is 12.1 Å². The fourth-order valence-corrected chi connectivity index (χ4v) is 2.41. The quantitative estimate of drug-likeness (QED) is 0.605. The first-order chi connectivity index (χ1) is 11.6. The van der Waals surface area contributed by atoms with Crippen LogP contribution in [0.3, 0.4) is 0 Å². The van der Waals surface area contributed by atoms with Crippen LogP contribution in [0.15, 0.2) is 52.1 Å². The molecule has 1 aromatic carbocycles. The second-order valence-electron chi connectivity index (χ2n) is 5.69. The molecule has 0 aliphatic rings. The van der Waals surface area contributed by atoms with Crippen LogP contribution in [0.1, 0.15) is 24.3 Å². The number of furan rings is 1. The number of hydrogen-bond acceptors (Lipinski definition) is 3. The van der Waals surface area contributed by atoms with Gasteiger partial charge in [0, 0.05) is 13.1 Å². The Morgan fingerprint density at radius 3 is 2.71 bits per heavy atom. The molecule has 1 heterocycles. The van der Waals surface area contributed by atoms with Gasteiger partial charge in [-0.05, 0) is 50.8 Å². The molecule has 1 atom stereocenters. The minimum atomic E-state index is -0.224. The highest BCUT2D eigenvalue weighted by Crippen LogP contribution is 2.18. The molecule has 0 spiro atoms. The van der Waals surface area contributed by atoms with E-state index in [1.165, 1.54) is 6.07 Å². The Balaban J connectivity index is 2.03. The molecular weight excluding hydrogens is 307 g/mol. The van der Waals surface area contributed by atoms with Crippen LogP contribution in [0.25, 0.3) is 0 Å². The van der Waals surface area contributed by atoms with Crippen LogP contribution < -0.4 is 10.6 Å². The summed E-state index contributed by atoms with van der Waals surface area (Å²) in [5.74, 6) is 1.29. The molecule has 0 saturated carbocycles. The van der Waals surface area contributed by atoms with Crippen LogP contribution in [0.2, 0.25) is 0 Å². The molecular formula is C18H25FN4O. The number of nitrogens with zero attached hydrogens (tertiary/aromatic N) is 2. The average molecular weight is 332 g/mol. The van der Waals surface area contributed by atoms with E-state index in [1.807, 2.05) is 39.2 Å². The molecule has 0 aliphatic heterocycles. The Labute approximate surface area is 142 Å². The average Bonchev–Trinajstić information content (AvgIpc) is 3.06. The molecule has 0 radical (unpaired) electrons. The van der Waals surface area contributed by atoms with Gasteiger partial charge in [-0.25, -0.2) is 9.38 Å². The van der Waals surface area contributed by atoms with Gasteiger partial charge in [0.25, 0.3) is 0 Å². The second kappa shape index (κ2) is 9.08. The van der Waals surface area contributed by atoms with Crippen LogP contribution in [-0.4, -0.2) is 38.0 Å². The third-order valence-electron chi connectivity index (χ3n) is 3.64. The molecule has 5 nitrogen and oxygen atoms in total. The van der Waals surface area contributed by atoms with Crippen molar-refractivity contribution in [3.63, 3.8) is 0 Å². The van der Waals surface area contributed by atoms with Crippen LogP contribution >= 0.6 is 0 Å². The maximum atomic E-state index is 13.5. The lowest BCUT2D eigenvalue weighted by atomic mass is 10.1. The van der Waals surface area contributed by atoms with Gasteiger partial charge in [0.2, 0.25) is 0 Å². The van der Waals surface area contributed by atoms with E-state index in [-0.39, 0.29) is 11.9 Å². The topological polar surface area (TPSA) is 52.8 Å². The van der Waals surface area contributed by atoms with Gasteiger partial charge in [-0.2, -0.15) is 0 Å². The van der Waals surface area contributed by atoms with Gasteiger partial charge < -0.3 is 20.0 Å². The minimum Gasteiger partial charge on any atom is -0.467 e. The highest BCUT2D eigenvalue weighted by Gasteiger charge is 2.15. The summed E-state index contributed by atoms with van der Waals surface area (Å²) in [4.78, 5) is 6.56. The Bertz CT molecular complexity index is 640. The summed E-state index contributed by atoms with van der Waals surface area (Å²) in [7, 11) is 3.95. The largest absolute Gasteiger partial charge is 0.467 e. The van der Waals surface area contributed by atoms with Crippen molar-refractivity contribution in [1.82, 2.24) is 15.5 Å². The van der Waals surface area contributed by atoms with Crippen LogP contribution in [0.5, 0.6) is 0 Å². The molecule has 0 fully saturated rings. The maximum absolute atomic E-state index is 13.5. The van der Waals surface area contributed by atoms with Gasteiger partial charge in [-0.3, -0.25) is 0 Å². The molecule has 1 unspecified atom stereocenters. The number of likely N-dealkylation sites (N-methyl/N-ethyl adjacent to an activating group) is 1. The van der Waals surface area contributed by atoms with Crippen molar-refractivity contribution in [3.05, 3.63) is 59.8 Å². The zero-order valence-corrected chi connectivity index (χ0v) is 14.4. The molecule has 6 heteroatoms. The lowest BCUT2D eigenvalue weighted by molar-refractivity contribution is 0.297. The molecule has 0 bridgehead atoms. The van der Waals surface area contributed by atoms with E-state index in [4.69, 9.17) is 4.42 Å². The molecule has 2 N–H and O–H groups in total. The monoisotopic (exact) mass is 332 g/mol. The number of hydrogen-bond donors (Lipinski definition) is 2. The Hall–Kier alpha value is -2.34. The second-order valence-corrected chi connectivity index (χ2v) is 5.69. The number of halogens is 1. The van der Waals surface area contributed by atoms with Gasteiger partial charge in [0.05, 0.1) is 12.3 Å².